The van der Waals surface area contributed by atoms with Gasteiger partial charge < -0.3 is 10.6 Å². The van der Waals surface area contributed by atoms with Crippen molar-refractivity contribution >= 4 is 44.7 Å². The van der Waals surface area contributed by atoms with Crippen molar-refractivity contribution in [3.63, 3.8) is 0 Å². The third-order valence-electron chi connectivity index (χ3n) is 6.79. The maximum Gasteiger partial charge on any atom is 0.416 e. The first-order valence-corrected chi connectivity index (χ1v) is 15.7. The highest BCUT2D eigenvalue weighted by atomic mass is 35.5. The van der Waals surface area contributed by atoms with Crippen LogP contribution < -0.4 is 10.6 Å². The molecule has 7 nitrogen and oxygen atoms in total. The minimum absolute atomic E-state index is 0.0597. The molecule has 0 saturated carbocycles. The average Bonchev–Trinajstić information content (AvgIpc) is 3.65. The van der Waals surface area contributed by atoms with Crippen LogP contribution in [0, 0.1) is 0 Å². The monoisotopic (exact) mass is 634 g/mol. The Balaban J connectivity index is 1.36. The highest BCUT2D eigenvalue weighted by Gasteiger charge is 2.40. The Morgan fingerprint density at radius 1 is 1.00 bits per heavy atom. The molecule has 0 bridgehead atoms. The zero-order valence-electron chi connectivity index (χ0n) is 22.1. The van der Waals surface area contributed by atoms with Crippen LogP contribution in [-0.2, 0) is 34.1 Å². The number of carbonyl (C=O) groups excluding carboxylic acids is 1. The van der Waals surface area contributed by atoms with E-state index in [0.717, 1.165) is 29.0 Å². The standard InChI is InChI=1S/C29H26ClF3N4O3S2/c30-25-12-13-27(41-25)42(39,40)37-14-4-7-24(37)28(38)35-18-20-15-23(21-8-10-22(11-9-21)29(31,32)33)36-26(16-20)34-17-19-5-2-1-3-6-19/h1-3,5-6,8-13,15-16,24H,4,7,14,17-18H2,(H,34,36)(H,35,38)/t24-/m0/s1. The van der Waals surface area contributed by atoms with Crippen LogP contribution in [0.3, 0.4) is 0 Å². The van der Waals surface area contributed by atoms with Crippen LogP contribution >= 0.6 is 22.9 Å². The molecule has 1 amide bonds. The van der Waals surface area contributed by atoms with Crippen LogP contribution in [0.5, 0.6) is 0 Å². The molecule has 1 atom stereocenters. The van der Waals surface area contributed by atoms with Crippen molar-refractivity contribution in [1.82, 2.24) is 14.6 Å². The summed E-state index contributed by atoms with van der Waals surface area (Å²) in [4.78, 5) is 17.8. The highest BCUT2D eigenvalue weighted by molar-refractivity contribution is 7.91. The topological polar surface area (TPSA) is 91.4 Å². The maximum absolute atomic E-state index is 13.2. The van der Waals surface area contributed by atoms with Gasteiger partial charge in [0.1, 0.15) is 16.1 Å². The van der Waals surface area contributed by atoms with E-state index in [9.17, 15) is 26.4 Å². The molecule has 0 spiro atoms. The number of nitrogens with zero attached hydrogens (tertiary/aromatic N) is 2. The fourth-order valence-corrected chi connectivity index (χ4v) is 7.96. The van der Waals surface area contributed by atoms with Gasteiger partial charge >= 0.3 is 6.18 Å². The average molecular weight is 635 g/mol. The number of sulfonamides is 1. The van der Waals surface area contributed by atoms with Crippen molar-refractivity contribution in [3.05, 3.63) is 99.9 Å². The van der Waals surface area contributed by atoms with E-state index in [2.05, 4.69) is 15.6 Å². The van der Waals surface area contributed by atoms with Gasteiger partial charge in [0.15, 0.2) is 0 Å². The summed E-state index contributed by atoms with van der Waals surface area (Å²) in [6.07, 6.45) is -3.55. The summed E-state index contributed by atoms with van der Waals surface area (Å²) in [5.41, 5.74) is 1.77. The Morgan fingerprint density at radius 2 is 1.74 bits per heavy atom. The van der Waals surface area contributed by atoms with Gasteiger partial charge in [0.2, 0.25) is 5.91 Å². The highest BCUT2D eigenvalue weighted by Crippen LogP contribution is 2.33. The van der Waals surface area contributed by atoms with Gasteiger partial charge in [-0.2, -0.15) is 17.5 Å². The van der Waals surface area contributed by atoms with E-state index >= 15 is 0 Å². The number of nitrogens with one attached hydrogen (secondary N) is 2. The van der Waals surface area contributed by atoms with Crippen molar-refractivity contribution < 1.29 is 26.4 Å². The summed E-state index contributed by atoms with van der Waals surface area (Å²) in [5, 5.41) is 6.07. The molecule has 1 aliphatic heterocycles. The first kappa shape index (κ1) is 30.0. The van der Waals surface area contributed by atoms with Gasteiger partial charge in [-0.1, -0.05) is 54.1 Å². The predicted molar refractivity (Wildman–Crippen MR) is 157 cm³/mol. The lowest BCUT2D eigenvalue weighted by Gasteiger charge is -2.22. The third kappa shape index (κ3) is 6.95. The molecule has 13 heteroatoms. The zero-order valence-corrected chi connectivity index (χ0v) is 24.5. The third-order valence-corrected chi connectivity index (χ3v) is 10.4. The Kier molecular flexibility index (Phi) is 8.88. The summed E-state index contributed by atoms with van der Waals surface area (Å²) in [5.74, 6) is 0.0329. The summed E-state index contributed by atoms with van der Waals surface area (Å²) in [7, 11) is -3.89. The molecule has 2 N–H and O–H groups in total. The number of carbonyl (C=O) groups is 1. The molecule has 2 aromatic carbocycles. The lowest BCUT2D eigenvalue weighted by Crippen LogP contribution is -2.45. The van der Waals surface area contributed by atoms with Crippen molar-refractivity contribution in [1.29, 1.82) is 0 Å². The second-order valence-electron chi connectivity index (χ2n) is 9.71. The second-order valence-corrected chi connectivity index (χ2v) is 13.5. The minimum Gasteiger partial charge on any atom is -0.366 e. The summed E-state index contributed by atoms with van der Waals surface area (Å²) in [6, 6.07) is 19.8. The van der Waals surface area contributed by atoms with Crippen molar-refractivity contribution in [2.45, 2.75) is 42.4 Å². The SMILES string of the molecule is O=C(NCc1cc(NCc2ccccc2)nc(-c2ccc(C(F)(F)F)cc2)c1)[C@@H]1CCCN1S(=O)(=O)c1ccc(Cl)s1. The molecule has 2 aromatic heterocycles. The lowest BCUT2D eigenvalue weighted by atomic mass is 10.1. The van der Waals surface area contributed by atoms with Gasteiger partial charge in [-0.3, -0.25) is 4.79 Å². The molecule has 1 saturated heterocycles. The fourth-order valence-electron chi connectivity index (χ4n) is 4.69. The number of anilines is 1. The van der Waals surface area contributed by atoms with Crippen molar-refractivity contribution in [2.24, 2.45) is 0 Å². The second kappa shape index (κ2) is 12.4. The van der Waals surface area contributed by atoms with E-state index in [0.29, 0.717) is 46.4 Å². The largest absolute Gasteiger partial charge is 0.416 e. The lowest BCUT2D eigenvalue weighted by molar-refractivity contribution is -0.137. The van der Waals surface area contributed by atoms with Crippen LogP contribution in [0.1, 0.15) is 29.5 Å². The van der Waals surface area contributed by atoms with E-state index in [1.165, 1.54) is 28.6 Å². The molecule has 220 valence electrons. The van der Waals surface area contributed by atoms with Crippen LogP contribution in [-0.4, -0.2) is 36.2 Å². The Hall–Kier alpha value is -3.45. The molecule has 1 aliphatic rings. The number of amides is 1. The molecule has 0 radical (unpaired) electrons. The number of thiophene rings is 1. The molecular weight excluding hydrogens is 609 g/mol. The molecule has 42 heavy (non-hydrogen) atoms. The van der Waals surface area contributed by atoms with Crippen LogP contribution in [0.4, 0.5) is 19.0 Å². The molecule has 0 aliphatic carbocycles. The Labute approximate surface area is 250 Å². The quantitative estimate of drug-likeness (QED) is 0.218. The van der Waals surface area contributed by atoms with Gasteiger partial charge in [0.05, 0.1) is 15.6 Å². The summed E-state index contributed by atoms with van der Waals surface area (Å²) < 4.78 is 67.3. The molecular formula is C29H26ClF3N4O3S2. The molecule has 1 fully saturated rings. The number of hydrogen-bond donors (Lipinski definition) is 2. The number of benzene rings is 2. The van der Waals surface area contributed by atoms with Crippen molar-refractivity contribution in [3.8, 4) is 11.3 Å². The van der Waals surface area contributed by atoms with E-state index < -0.39 is 33.7 Å². The number of halogens is 4. The number of aromatic nitrogens is 1. The van der Waals surface area contributed by atoms with Crippen LogP contribution in [0.2, 0.25) is 4.34 Å². The van der Waals surface area contributed by atoms with Gasteiger partial charge in [0.25, 0.3) is 10.0 Å². The smallest absolute Gasteiger partial charge is 0.366 e. The minimum atomic E-state index is -4.46. The van der Waals surface area contributed by atoms with E-state index in [1.54, 1.807) is 12.1 Å². The Morgan fingerprint density at radius 3 is 2.40 bits per heavy atom. The van der Waals surface area contributed by atoms with Crippen LogP contribution in [0.15, 0.2) is 83.1 Å². The summed E-state index contributed by atoms with van der Waals surface area (Å²) >= 11 is 6.88. The van der Waals surface area contributed by atoms with Gasteiger partial charge in [-0.05, 0) is 60.4 Å². The van der Waals surface area contributed by atoms with E-state index in [-0.39, 0.29) is 17.3 Å². The van der Waals surface area contributed by atoms with Gasteiger partial charge in [0, 0.05) is 25.2 Å². The maximum atomic E-state index is 13.2. The molecule has 3 heterocycles. The fraction of sp³-hybridized carbons (Fsp3) is 0.241. The predicted octanol–water partition coefficient (Wildman–Crippen LogP) is 6.56. The van der Waals surface area contributed by atoms with Gasteiger partial charge in [-0.25, -0.2) is 13.4 Å². The molecule has 4 aromatic rings. The molecule has 5 rings (SSSR count). The number of rotatable bonds is 9. The summed E-state index contributed by atoms with van der Waals surface area (Å²) in [6.45, 7) is 0.735. The normalized spacial score (nSPS) is 16.0. The van der Waals surface area contributed by atoms with E-state index in [1.807, 2.05) is 30.3 Å². The number of pyridine rings is 1. The zero-order chi connectivity index (χ0) is 29.9. The molecule has 0 unspecified atom stereocenters. The van der Waals surface area contributed by atoms with Crippen LogP contribution in [0.25, 0.3) is 11.3 Å². The number of hydrogen-bond acceptors (Lipinski definition) is 6. The van der Waals surface area contributed by atoms with Gasteiger partial charge in [-0.15, -0.1) is 11.3 Å². The van der Waals surface area contributed by atoms with Crippen molar-refractivity contribution in [2.75, 3.05) is 11.9 Å². The van der Waals surface area contributed by atoms with E-state index in [4.69, 9.17) is 11.6 Å². The number of alkyl halides is 3. The first-order valence-electron chi connectivity index (χ1n) is 13.0. The first-order chi connectivity index (χ1) is 20.0. The Bertz CT molecular complexity index is 1660.